The predicted molar refractivity (Wildman–Crippen MR) is 79.2 cm³/mol. The lowest BCUT2D eigenvalue weighted by molar-refractivity contribution is -0.0314. The molecule has 21 heavy (non-hydrogen) atoms. The van der Waals surface area contributed by atoms with Gasteiger partial charge in [0.25, 0.3) is 0 Å². The number of thiophene rings is 1. The Balaban J connectivity index is 1.88. The second-order valence-electron chi connectivity index (χ2n) is 5.51. The van der Waals surface area contributed by atoms with E-state index < -0.39 is 17.4 Å². The molecule has 1 saturated carbocycles. The topological polar surface area (TPSA) is 69.6 Å². The highest BCUT2D eigenvalue weighted by Crippen LogP contribution is 2.34. The zero-order chi connectivity index (χ0) is 15.0. The Morgan fingerprint density at radius 2 is 2.19 bits per heavy atom. The van der Waals surface area contributed by atoms with Crippen LogP contribution in [0.15, 0.2) is 18.2 Å². The highest BCUT2D eigenvalue weighted by atomic mass is 32.1. The van der Waals surface area contributed by atoms with Crippen molar-refractivity contribution in [2.24, 2.45) is 0 Å². The van der Waals surface area contributed by atoms with Crippen LogP contribution in [0.1, 0.15) is 34.5 Å². The number of hydrogen-bond acceptors (Lipinski definition) is 4. The van der Waals surface area contributed by atoms with E-state index >= 15 is 0 Å². The fraction of sp³-hybridized carbons (Fsp3) is 0.400. The average Bonchev–Trinajstić information content (AvgIpc) is 2.77. The molecule has 0 aliphatic heterocycles. The van der Waals surface area contributed by atoms with Crippen LogP contribution >= 0.6 is 11.3 Å². The van der Waals surface area contributed by atoms with E-state index in [9.17, 15) is 19.4 Å². The van der Waals surface area contributed by atoms with E-state index in [1.807, 2.05) is 0 Å². The van der Waals surface area contributed by atoms with Crippen LogP contribution in [0.4, 0.5) is 4.39 Å². The maximum absolute atomic E-state index is 14.0. The van der Waals surface area contributed by atoms with Crippen LogP contribution in [0.25, 0.3) is 10.1 Å². The van der Waals surface area contributed by atoms with Gasteiger partial charge in [0.2, 0.25) is 0 Å². The van der Waals surface area contributed by atoms with Crippen molar-refractivity contribution in [2.75, 3.05) is 6.54 Å². The van der Waals surface area contributed by atoms with Gasteiger partial charge >= 0.3 is 5.97 Å². The number of nitrogens with one attached hydrogen (secondary N) is 1. The summed E-state index contributed by atoms with van der Waals surface area (Å²) in [7, 11) is 0. The van der Waals surface area contributed by atoms with Gasteiger partial charge < -0.3 is 15.5 Å². The molecule has 0 radical (unpaired) electrons. The first-order valence-corrected chi connectivity index (χ1v) is 7.68. The van der Waals surface area contributed by atoms with Crippen molar-refractivity contribution >= 4 is 27.4 Å². The number of carbonyl (C=O) groups is 1. The molecular formula is C15H16FNO3S. The quantitative estimate of drug-likeness (QED) is 0.794. The molecule has 1 fully saturated rings. The summed E-state index contributed by atoms with van der Waals surface area (Å²) >= 11 is 1.08. The Kier molecular flexibility index (Phi) is 3.69. The van der Waals surface area contributed by atoms with Crippen molar-refractivity contribution < 1.29 is 19.4 Å². The molecule has 6 heteroatoms. The zero-order valence-electron chi connectivity index (χ0n) is 11.4. The van der Waals surface area contributed by atoms with E-state index in [1.165, 1.54) is 6.07 Å². The maximum Gasteiger partial charge on any atom is 0.346 e. The molecule has 0 spiro atoms. The standard InChI is InChI=1S/C15H16FNO3S/c16-10-3-1-4-11-12(10)9(13(21-11)14(18)19)7-17-8-15(20)5-2-6-15/h1,3-4,17,20H,2,5-8H2,(H,18,19). The number of fused-ring (bicyclic) bond motifs is 1. The molecule has 0 atom stereocenters. The summed E-state index contributed by atoms with van der Waals surface area (Å²) in [4.78, 5) is 11.5. The molecule has 1 aromatic carbocycles. The third-order valence-corrected chi connectivity index (χ3v) is 5.18. The third-order valence-electron chi connectivity index (χ3n) is 4.00. The van der Waals surface area contributed by atoms with Crippen LogP contribution in [-0.2, 0) is 6.54 Å². The van der Waals surface area contributed by atoms with Gasteiger partial charge in [0, 0.05) is 28.7 Å². The number of halogens is 1. The summed E-state index contributed by atoms with van der Waals surface area (Å²) in [6, 6.07) is 4.64. The van der Waals surface area contributed by atoms with Crippen molar-refractivity contribution in [2.45, 2.75) is 31.4 Å². The lowest BCUT2D eigenvalue weighted by Gasteiger charge is -2.36. The van der Waals surface area contributed by atoms with E-state index in [4.69, 9.17) is 0 Å². The summed E-state index contributed by atoms with van der Waals surface area (Å²) in [6.07, 6.45) is 2.52. The van der Waals surface area contributed by atoms with Gasteiger partial charge in [-0.15, -0.1) is 11.3 Å². The van der Waals surface area contributed by atoms with E-state index in [0.717, 1.165) is 30.6 Å². The smallest absolute Gasteiger partial charge is 0.346 e. The summed E-state index contributed by atoms with van der Waals surface area (Å²) in [5.41, 5.74) is -0.225. The van der Waals surface area contributed by atoms with Gasteiger partial charge in [-0.2, -0.15) is 0 Å². The summed E-state index contributed by atoms with van der Waals surface area (Å²) in [6.45, 7) is 0.642. The Morgan fingerprint density at radius 1 is 1.43 bits per heavy atom. The molecule has 0 amide bonds. The second-order valence-corrected chi connectivity index (χ2v) is 6.56. The molecule has 2 aromatic rings. The lowest BCUT2D eigenvalue weighted by atomic mass is 9.80. The first-order valence-electron chi connectivity index (χ1n) is 6.86. The van der Waals surface area contributed by atoms with Gasteiger partial charge in [0.05, 0.1) is 5.60 Å². The number of aliphatic hydroxyl groups is 1. The second kappa shape index (κ2) is 5.36. The molecule has 0 bridgehead atoms. The van der Waals surface area contributed by atoms with Crippen molar-refractivity contribution in [1.29, 1.82) is 0 Å². The zero-order valence-corrected chi connectivity index (χ0v) is 12.2. The molecule has 112 valence electrons. The minimum absolute atomic E-state index is 0.156. The van der Waals surface area contributed by atoms with E-state index in [2.05, 4.69) is 5.32 Å². The van der Waals surface area contributed by atoms with E-state index in [0.29, 0.717) is 22.2 Å². The lowest BCUT2D eigenvalue weighted by Crippen LogP contribution is -2.46. The Bertz CT molecular complexity index is 694. The van der Waals surface area contributed by atoms with E-state index in [1.54, 1.807) is 12.1 Å². The van der Waals surface area contributed by atoms with Crippen LogP contribution in [0.5, 0.6) is 0 Å². The minimum atomic E-state index is -1.05. The Morgan fingerprint density at radius 3 is 2.81 bits per heavy atom. The minimum Gasteiger partial charge on any atom is -0.477 e. The monoisotopic (exact) mass is 309 g/mol. The summed E-state index contributed by atoms with van der Waals surface area (Å²) < 4.78 is 14.6. The fourth-order valence-corrected chi connectivity index (χ4v) is 3.76. The molecule has 0 unspecified atom stereocenters. The molecule has 3 N–H and O–H groups in total. The van der Waals surface area contributed by atoms with Crippen LogP contribution in [0.3, 0.4) is 0 Å². The summed E-state index contributed by atoms with van der Waals surface area (Å²) in [5, 5.41) is 22.8. The Hall–Kier alpha value is -1.50. The van der Waals surface area contributed by atoms with Crippen molar-refractivity contribution in [3.8, 4) is 0 Å². The molecule has 0 saturated heterocycles. The summed E-state index contributed by atoms with van der Waals surface area (Å²) in [5.74, 6) is -1.45. The highest BCUT2D eigenvalue weighted by Gasteiger charge is 2.33. The highest BCUT2D eigenvalue weighted by molar-refractivity contribution is 7.21. The average molecular weight is 309 g/mol. The van der Waals surface area contributed by atoms with Gasteiger partial charge in [0.1, 0.15) is 10.7 Å². The van der Waals surface area contributed by atoms with Crippen molar-refractivity contribution in [3.63, 3.8) is 0 Å². The maximum atomic E-state index is 14.0. The molecule has 1 aliphatic rings. The first kappa shape index (κ1) is 14.4. The number of aromatic carboxylic acids is 1. The largest absolute Gasteiger partial charge is 0.477 e. The number of carboxylic acid groups (broad SMARTS) is 1. The van der Waals surface area contributed by atoms with Crippen LogP contribution in [0.2, 0.25) is 0 Å². The SMILES string of the molecule is O=C(O)c1sc2cccc(F)c2c1CNCC1(O)CCC1. The molecule has 1 aromatic heterocycles. The van der Waals surface area contributed by atoms with Gasteiger partial charge in [-0.05, 0) is 31.4 Å². The van der Waals surface area contributed by atoms with Crippen LogP contribution in [0, 0.1) is 5.82 Å². The van der Waals surface area contributed by atoms with Crippen molar-refractivity contribution in [1.82, 2.24) is 5.32 Å². The van der Waals surface area contributed by atoms with E-state index in [-0.39, 0.29) is 11.4 Å². The number of hydrogen-bond donors (Lipinski definition) is 3. The number of benzene rings is 1. The van der Waals surface area contributed by atoms with Gasteiger partial charge in [0.15, 0.2) is 0 Å². The molecule has 4 nitrogen and oxygen atoms in total. The third kappa shape index (κ3) is 2.66. The normalized spacial score (nSPS) is 16.9. The number of carboxylic acids is 1. The van der Waals surface area contributed by atoms with Crippen LogP contribution in [-0.4, -0.2) is 28.3 Å². The van der Waals surface area contributed by atoms with Gasteiger partial charge in [-0.1, -0.05) is 6.07 Å². The molecule has 1 heterocycles. The predicted octanol–water partition coefficient (Wildman–Crippen LogP) is 2.74. The van der Waals surface area contributed by atoms with Gasteiger partial charge in [-0.3, -0.25) is 0 Å². The van der Waals surface area contributed by atoms with Crippen molar-refractivity contribution in [3.05, 3.63) is 34.5 Å². The van der Waals surface area contributed by atoms with Gasteiger partial charge in [-0.25, -0.2) is 9.18 Å². The molecule has 3 rings (SSSR count). The molecular weight excluding hydrogens is 293 g/mol. The Labute approximate surface area is 125 Å². The first-order chi connectivity index (χ1) is 10.0. The number of rotatable bonds is 5. The fourth-order valence-electron chi connectivity index (χ4n) is 2.69. The molecule has 1 aliphatic carbocycles. The van der Waals surface area contributed by atoms with Crippen LogP contribution < -0.4 is 5.32 Å².